The van der Waals surface area contributed by atoms with E-state index in [2.05, 4.69) is 5.32 Å². The van der Waals surface area contributed by atoms with Crippen LogP contribution in [0.15, 0.2) is 36.7 Å². The number of nitrogens with zero attached hydrogens (tertiary/aromatic N) is 2. The second-order valence-corrected chi connectivity index (χ2v) is 4.21. The highest BCUT2D eigenvalue weighted by Crippen LogP contribution is 2.37. The van der Waals surface area contributed by atoms with Crippen LogP contribution in [0.5, 0.6) is 0 Å². The lowest BCUT2D eigenvalue weighted by Crippen LogP contribution is -2.04. The summed E-state index contributed by atoms with van der Waals surface area (Å²) >= 11 is 0. The minimum atomic E-state index is -1.01. The molecule has 1 aliphatic heterocycles. The first kappa shape index (κ1) is 12.1. The van der Waals surface area contributed by atoms with Crippen molar-refractivity contribution in [3.05, 3.63) is 58.2 Å². The van der Waals surface area contributed by atoms with Gasteiger partial charge in [0.1, 0.15) is 0 Å². The Morgan fingerprint density at radius 3 is 2.65 bits per heavy atom. The Labute approximate surface area is 112 Å². The average molecular weight is 273 g/mol. The lowest BCUT2D eigenvalue weighted by molar-refractivity contribution is -0.387. The van der Waals surface area contributed by atoms with Crippen molar-refractivity contribution in [2.75, 3.05) is 5.32 Å². The molecule has 1 N–H and O–H groups in total. The fourth-order valence-electron chi connectivity index (χ4n) is 2.08. The molecule has 0 unspecified atom stereocenters. The lowest BCUT2D eigenvalue weighted by atomic mass is 10.1. The highest BCUT2D eigenvalue weighted by Gasteiger charge is 2.32. The number of nitro benzene ring substituents is 1. The van der Waals surface area contributed by atoms with Gasteiger partial charge in [-0.3, -0.25) is 14.9 Å². The molecule has 6 nitrogen and oxygen atoms in total. The van der Waals surface area contributed by atoms with Crippen molar-refractivity contribution >= 4 is 29.1 Å². The summed E-state index contributed by atoms with van der Waals surface area (Å²) in [4.78, 5) is 21.8. The molecule has 100 valence electrons. The number of nitrogens with one attached hydrogen (secondary N) is 1. The first-order valence-corrected chi connectivity index (χ1v) is 5.71. The zero-order valence-electron chi connectivity index (χ0n) is 10.0. The standard InChI is InChI=1S/C13H8FN3O3/c14-12-10(17(19)20)4-3-9-11(12)8(13(18)15-9)7-16-5-1-2-6-16/h1-7H,(H,15,18). The maximum absolute atomic E-state index is 14.2. The topological polar surface area (TPSA) is 77.2 Å². The SMILES string of the molecule is O=C1Nc2ccc([N+](=O)[O-])c(F)c2C1=Cn1cccc1. The van der Waals surface area contributed by atoms with Crippen LogP contribution in [0.4, 0.5) is 15.8 Å². The summed E-state index contributed by atoms with van der Waals surface area (Å²) < 4.78 is 15.8. The maximum atomic E-state index is 14.2. The Hall–Kier alpha value is -2.96. The second kappa shape index (κ2) is 4.30. The summed E-state index contributed by atoms with van der Waals surface area (Å²) in [7, 11) is 0. The van der Waals surface area contributed by atoms with E-state index in [9.17, 15) is 19.3 Å². The molecular formula is C13H8FN3O3. The summed E-state index contributed by atoms with van der Waals surface area (Å²) in [5.41, 5.74) is -0.439. The first-order chi connectivity index (χ1) is 9.58. The van der Waals surface area contributed by atoms with Gasteiger partial charge in [-0.1, -0.05) is 0 Å². The van der Waals surface area contributed by atoms with E-state index < -0.39 is 22.3 Å². The van der Waals surface area contributed by atoms with E-state index in [4.69, 9.17) is 0 Å². The summed E-state index contributed by atoms with van der Waals surface area (Å²) in [6.07, 6.45) is 4.77. The van der Waals surface area contributed by atoms with Gasteiger partial charge in [0.25, 0.3) is 5.91 Å². The number of benzene rings is 1. The molecule has 0 aliphatic carbocycles. The number of aromatic nitrogens is 1. The molecule has 1 aliphatic rings. The molecule has 1 amide bonds. The average Bonchev–Trinajstić information content (AvgIpc) is 2.99. The predicted octanol–water partition coefficient (Wildman–Crippen LogP) is 2.49. The third-order valence-electron chi connectivity index (χ3n) is 2.99. The van der Waals surface area contributed by atoms with Crippen LogP contribution in [0.25, 0.3) is 11.8 Å². The van der Waals surface area contributed by atoms with Crippen LogP contribution in [0.3, 0.4) is 0 Å². The number of hydrogen-bond acceptors (Lipinski definition) is 3. The molecule has 2 aromatic rings. The van der Waals surface area contributed by atoms with E-state index >= 15 is 0 Å². The van der Waals surface area contributed by atoms with Crippen molar-refractivity contribution in [1.29, 1.82) is 0 Å². The van der Waals surface area contributed by atoms with Crippen LogP contribution >= 0.6 is 0 Å². The number of amides is 1. The highest BCUT2D eigenvalue weighted by atomic mass is 19.1. The monoisotopic (exact) mass is 273 g/mol. The van der Waals surface area contributed by atoms with Crippen LogP contribution in [0.2, 0.25) is 0 Å². The molecular weight excluding hydrogens is 265 g/mol. The number of halogens is 1. The number of carbonyl (C=O) groups excluding carboxylic acids is 1. The lowest BCUT2D eigenvalue weighted by Gasteiger charge is -2.02. The van der Waals surface area contributed by atoms with Gasteiger partial charge in [-0.2, -0.15) is 4.39 Å². The van der Waals surface area contributed by atoms with Crippen molar-refractivity contribution in [2.24, 2.45) is 0 Å². The van der Waals surface area contributed by atoms with Gasteiger partial charge in [-0.05, 0) is 18.2 Å². The third kappa shape index (κ3) is 1.76. The molecule has 20 heavy (non-hydrogen) atoms. The maximum Gasteiger partial charge on any atom is 0.305 e. The summed E-state index contributed by atoms with van der Waals surface area (Å²) in [6, 6.07) is 5.85. The van der Waals surface area contributed by atoms with E-state index in [-0.39, 0.29) is 16.8 Å². The minimum Gasteiger partial charge on any atom is -0.330 e. The number of fused-ring (bicyclic) bond motifs is 1. The molecule has 2 heterocycles. The number of hydrogen-bond donors (Lipinski definition) is 1. The van der Waals surface area contributed by atoms with Crippen LogP contribution in [-0.2, 0) is 4.79 Å². The Morgan fingerprint density at radius 2 is 2.00 bits per heavy atom. The molecule has 0 spiro atoms. The van der Waals surface area contributed by atoms with E-state index in [1.165, 1.54) is 12.3 Å². The van der Waals surface area contributed by atoms with Crippen molar-refractivity contribution in [1.82, 2.24) is 4.57 Å². The van der Waals surface area contributed by atoms with Gasteiger partial charge in [-0.15, -0.1) is 0 Å². The van der Waals surface area contributed by atoms with Gasteiger partial charge in [-0.25, -0.2) is 0 Å². The molecule has 0 saturated heterocycles. The van der Waals surface area contributed by atoms with Gasteiger partial charge in [0.05, 0.1) is 21.7 Å². The molecule has 0 radical (unpaired) electrons. The van der Waals surface area contributed by atoms with Crippen molar-refractivity contribution < 1.29 is 14.1 Å². The summed E-state index contributed by atoms with van der Waals surface area (Å²) in [5.74, 6) is -1.50. The first-order valence-electron chi connectivity index (χ1n) is 5.71. The fraction of sp³-hybridized carbons (Fsp3) is 0. The van der Waals surface area contributed by atoms with Crippen LogP contribution in [-0.4, -0.2) is 15.4 Å². The predicted molar refractivity (Wildman–Crippen MR) is 70.3 cm³/mol. The smallest absolute Gasteiger partial charge is 0.305 e. The molecule has 1 aromatic carbocycles. The van der Waals surface area contributed by atoms with E-state index in [0.717, 1.165) is 6.07 Å². The normalized spacial score (nSPS) is 15.2. The zero-order valence-corrected chi connectivity index (χ0v) is 10.0. The second-order valence-electron chi connectivity index (χ2n) is 4.21. The molecule has 0 atom stereocenters. The van der Waals surface area contributed by atoms with E-state index in [1.807, 2.05) is 0 Å². The highest BCUT2D eigenvalue weighted by molar-refractivity contribution is 6.34. The Balaban J connectivity index is 2.21. The minimum absolute atomic E-state index is 0.0531. The Kier molecular flexibility index (Phi) is 2.60. The fourth-order valence-corrected chi connectivity index (χ4v) is 2.08. The number of anilines is 1. The molecule has 0 saturated carbocycles. The molecule has 0 bridgehead atoms. The summed E-state index contributed by atoms with van der Waals surface area (Å²) in [6.45, 7) is 0. The number of carbonyl (C=O) groups is 1. The third-order valence-corrected chi connectivity index (χ3v) is 2.99. The van der Waals surface area contributed by atoms with Crippen molar-refractivity contribution in [2.45, 2.75) is 0 Å². The largest absolute Gasteiger partial charge is 0.330 e. The quantitative estimate of drug-likeness (QED) is 0.518. The van der Waals surface area contributed by atoms with Gasteiger partial charge in [0, 0.05) is 24.7 Å². The van der Waals surface area contributed by atoms with Crippen LogP contribution in [0, 0.1) is 15.9 Å². The Morgan fingerprint density at radius 1 is 1.30 bits per heavy atom. The van der Waals surface area contributed by atoms with Crippen LogP contribution < -0.4 is 5.32 Å². The molecule has 7 heteroatoms. The number of nitro groups is 1. The van der Waals surface area contributed by atoms with Crippen molar-refractivity contribution in [3.8, 4) is 0 Å². The number of rotatable bonds is 2. The van der Waals surface area contributed by atoms with E-state index in [0.29, 0.717) is 0 Å². The molecule has 0 fully saturated rings. The van der Waals surface area contributed by atoms with Gasteiger partial charge in [0.15, 0.2) is 0 Å². The van der Waals surface area contributed by atoms with E-state index in [1.54, 1.807) is 29.1 Å². The van der Waals surface area contributed by atoms with Crippen LogP contribution in [0.1, 0.15) is 5.56 Å². The van der Waals surface area contributed by atoms with Crippen molar-refractivity contribution in [3.63, 3.8) is 0 Å². The molecule has 3 rings (SSSR count). The van der Waals surface area contributed by atoms with Gasteiger partial charge < -0.3 is 9.88 Å². The molecule has 1 aromatic heterocycles. The van der Waals surface area contributed by atoms with Gasteiger partial charge >= 0.3 is 5.69 Å². The van der Waals surface area contributed by atoms with Gasteiger partial charge in [0.2, 0.25) is 5.82 Å². The summed E-state index contributed by atoms with van der Waals surface area (Å²) in [5, 5.41) is 13.2. The zero-order chi connectivity index (χ0) is 14.3. The Bertz CT molecular complexity index is 750.